The van der Waals surface area contributed by atoms with Gasteiger partial charge in [0, 0.05) is 12.2 Å². The van der Waals surface area contributed by atoms with Gasteiger partial charge in [-0.1, -0.05) is 95.8 Å². The molecule has 188 valence electrons. The number of aldehydes is 1. The van der Waals surface area contributed by atoms with E-state index in [1.54, 1.807) is 0 Å². The van der Waals surface area contributed by atoms with Gasteiger partial charge in [0.15, 0.2) is 0 Å². The molecule has 33 heavy (non-hydrogen) atoms. The fourth-order valence-electron chi connectivity index (χ4n) is 4.12. The normalized spacial score (nSPS) is 11.3. The summed E-state index contributed by atoms with van der Waals surface area (Å²) in [5.74, 6) is 0.957. The van der Waals surface area contributed by atoms with E-state index in [1.165, 1.54) is 94.5 Å². The lowest BCUT2D eigenvalue weighted by Crippen LogP contribution is -2.08. The van der Waals surface area contributed by atoms with Gasteiger partial charge in [-0.15, -0.1) is 0 Å². The Kier molecular flexibility index (Phi) is 19.8. The largest absolute Gasteiger partial charge is 0.491 e. The summed E-state index contributed by atoms with van der Waals surface area (Å²) in [4.78, 5) is 8.65. The maximum Gasteiger partial charge on any atom is 0.281 e. The van der Waals surface area contributed by atoms with Crippen LogP contribution in [0.5, 0.6) is 5.75 Å². The van der Waals surface area contributed by atoms with Crippen LogP contribution >= 0.6 is 0 Å². The maximum absolute atomic E-state index is 8.65. The van der Waals surface area contributed by atoms with Crippen LogP contribution in [0.3, 0.4) is 0 Å². The number of rotatable bonds is 23. The van der Waals surface area contributed by atoms with E-state index >= 15 is 0 Å². The molecule has 0 atom stereocenters. The first-order valence-electron chi connectivity index (χ1n) is 13.7. The first-order valence-corrected chi connectivity index (χ1v) is 13.7. The van der Waals surface area contributed by atoms with Crippen molar-refractivity contribution < 1.29 is 14.3 Å². The van der Waals surface area contributed by atoms with Gasteiger partial charge < -0.3 is 9.47 Å². The molecule has 1 aromatic carbocycles. The van der Waals surface area contributed by atoms with Crippen LogP contribution in [-0.2, 0) is 11.2 Å². The molecular weight excluding hydrogens is 408 g/mol. The number of aryl methyl sites for hydroxylation is 1. The smallest absolute Gasteiger partial charge is 0.281 e. The predicted octanol–water partition coefficient (Wildman–Crippen LogP) is 8.70. The number of hydrogen-bond donors (Lipinski definition) is 0. The highest BCUT2D eigenvalue weighted by Gasteiger charge is 2.04. The van der Waals surface area contributed by atoms with Gasteiger partial charge in [0.05, 0.1) is 13.0 Å². The summed E-state index contributed by atoms with van der Waals surface area (Å²) in [5, 5.41) is 0. The Bertz CT molecular complexity index is 609. The molecule has 0 unspecified atom stereocenters. The highest BCUT2D eigenvalue weighted by molar-refractivity contribution is 5.58. The van der Waals surface area contributed by atoms with Gasteiger partial charge in [0.2, 0.25) is 0 Å². The summed E-state index contributed by atoms with van der Waals surface area (Å²) < 4.78 is 11.8. The maximum atomic E-state index is 8.65. The Morgan fingerprint density at radius 3 is 2.12 bits per heavy atom. The highest BCUT2D eigenvalue weighted by atomic mass is 16.5. The minimum atomic E-state index is 0.601. The first-order chi connectivity index (χ1) is 16.3. The second-order valence-electron chi connectivity index (χ2n) is 9.15. The molecule has 1 N–H and O–H groups in total. The third kappa shape index (κ3) is 16.6. The van der Waals surface area contributed by atoms with Crippen molar-refractivity contribution in [3.8, 4) is 5.75 Å². The van der Waals surface area contributed by atoms with Crippen molar-refractivity contribution in [1.82, 2.24) is 0 Å². The third-order valence-electron chi connectivity index (χ3n) is 6.10. The van der Waals surface area contributed by atoms with E-state index in [1.807, 2.05) is 0 Å². The molecule has 0 spiro atoms. The van der Waals surface area contributed by atoms with Crippen molar-refractivity contribution in [2.24, 2.45) is 0 Å². The van der Waals surface area contributed by atoms with Gasteiger partial charge in [0.1, 0.15) is 12.4 Å². The zero-order chi connectivity index (χ0) is 23.8. The molecule has 0 amide bonds. The Hall–Kier alpha value is -1.61. The molecule has 3 nitrogen and oxygen atoms in total. The summed E-state index contributed by atoms with van der Waals surface area (Å²) in [6.07, 6.45) is 25.5. The summed E-state index contributed by atoms with van der Waals surface area (Å²) in [7, 11) is 0. The van der Waals surface area contributed by atoms with Crippen molar-refractivity contribution in [3.63, 3.8) is 0 Å². The average Bonchev–Trinajstić information content (AvgIpc) is 2.82. The van der Waals surface area contributed by atoms with Crippen molar-refractivity contribution in [2.75, 3.05) is 19.8 Å². The Balaban J connectivity index is 2.15. The van der Waals surface area contributed by atoms with E-state index in [-0.39, 0.29) is 0 Å². The van der Waals surface area contributed by atoms with Crippen molar-refractivity contribution in [3.05, 3.63) is 35.4 Å². The SMILES string of the molecule is CC=Cc1cc(CCCCCCCCC)ccc1OCCOCCCCCCCCCC=[OH+]. The van der Waals surface area contributed by atoms with Crippen LogP contribution in [0.25, 0.3) is 6.08 Å². The summed E-state index contributed by atoms with van der Waals surface area (Å²) in [6.45, 7) is 6.40. The molecule has 1 rings (SSSR count). The summed E-state index contributed by atoms with van der Waals surface area (Å²) >= 11 is 0. The van der Waals surface area contributed by atoms with Crippen molar-refractivity contribution >= 4 is 12.4 Å². The molecule has 0 bridgehead atoms. The van der Waals surface area contributed by atoms with E-state index in [0.717, 1.165) is 38.0 Å². The molecular formula is C30H51O3+. The second-order valence-corrected chi connectivity index (χ2v) is 9.15. The van der Waals surface area contributed by atoms with Gasteiger partial charge >= 0.3 is 0 Å². The number of allylic oxidation sites excluding steroid dienone is 1. The van der Waals surface area contributed by atoms with Crippen LogP contribution in [0.1, 0.15) is 121 Å². The van der Waals surface area contributed by atoms with Crippen LogP contribution in [0.2, 0.25) is 0 Å². The Labute approximate surface area is 204 Å². The minimum absolute atomic E-state index is 0.601. The number of hydrogen-bond acceptors (Lipinski definition) is 2. The molecule has 1 aromatic rings. The lowest BCUT2D eigenvalue weighted by Gasteiger charge is -2.12. The topological polar surface area (TPSA) is 39.9 Å². The molecule has 3 heteroatoms. The predicted molar refractivity (Wildman–Crippen MR) is 144 cm³/mol. The third-order valence-corrected chi connectivity index (χ3v) is 6.10. The van der Waals surface area contributed by atoms with Crippen molar-refractivity contribution in [1.29, 1.82) is 0 Å². The molecule has 0 aliphatic rings. The fraction of sp³-hybridized carbons (Fsp3) is 0.700. The van der Waals surface area contributed by atoms with E-state index in [0.29, 0.717) is 13.2 Å². The van der Waals surface area contributed by atoms with Crippen LogP contribution in [-0.4, -0.2) is 30.9 Å². The van der Waals surface area contributed by atoms with Crippen LogP contribution in [0.15, 0.2) is 24.3 Å². The van der Waals surface area contributed by atoms with Gasteiger partial charge in [-0.3, -0.25) is 4.79 Å². The van der Waals surface area contributed by atoms with Gasteiger partial charge in [0.25, 0.3) is 6.29 Å². The number of ether oxygens (including phenoxy) is 2. The fourth-order valence-corrected chi connectivity index (χ4v) is 4.12. The van der Waals surface area contributed by atoms with Crippen molar-refractivity contribution in [2.45, 2.75) is 117 Å². The monoisotopic (exact) mass is 459 g/mol. The molecule has 0 aliphatic carbocycles. The molecule has 0 aliphatic heterocycles. The zero-order valence-electron chi connectivity index (χ0n) is 21.7. The number of benzene rings is 1. The van der Waals surface area contributed by atoms with Gasteiger partial charge in [-0.05, 0) is 50.3 Å². The van der Waals surface area contributed by atoms with E-state index < -0.39 is 0 Å². The van der Waals surface area contributed by atoms with Gasteiger partial charge in [-0.25, -0.2) is 0 Å². The lowest BCUT2D eigenvalue weighted by molar-refractivity contribution is 0.0970. The molecule has 0 fully saturated rings. The standard InChI is InChI=1S/C30H50O3/c1-3-5-6-7-10-13-16-20-28-21-22-30(29(27-28)19-4-2)33-26-25-32-24-18-15-12-9-8-11-14-17-23-31/h4,19,21-23,27H,3,5-18,20,24-26H2,1-2H3/p+1. The number of unbranched alkanes of at least 4 members (excludes halogenated alkanes) is 13. The van der Waals surface area contributed by atoms with Crippen LogP contribution in [0.4, 0.5) is 0 Å². The second kappa shape index (κ2) is 22.2. The minimum Gasteiger partial charge on any atom is -0.491 e. The Morgan fingerprint density at radius 2 is 1.42 bits per heavy atom. The quantitative estimate of drug-likeness (QED) is 0.0932. The van der Waals surface area contributed by atoms with Crippen LogP contribution in [0, 0.1) is 0 Å². The van der Waals surface area contributed by atoms with E-state index in [4.69, 9.17) is 14.3 Å². The van der Waals surface area contributed by atoms with E-state index in [2.05, 4.69) is 44.2 Å². The average molecular weight is 460 g/mol. The number of carbonyl (C=O) groups excluding carboxylic acids is 1. The van der Waals surface area contributed by atoms with Crippen LogP contribution < -0.4 is 4.74 Å². The first kappa shape index (κ1) is 29.4. The summed E-state index contributed by atoms with van der Waals surface area (Å²) in [5.41, 5.74) is 2.59. The lowest BCUT2D eigenvalue weighted by atomic mass is 10.0. The molecule has 0 saturated carbocycles. The molecule has 0 aromatic heterocycles. The van der Waals surface area contributed by atoms with Gasteiger partial charge in [-0.2, -0.15) is 0 Å². The summed E-state index contributed by atoms with van der Waals surface area (Å²) in [6, 6.07) is 6.64. The Morgan fingerprint density at radius 1 is 0.758 bits per heavy atom. The molecule has 0 heterocycles. The van der Waals surface area contributed by atoms with E-state index in [9.17, 15) is 0 Å². The molecule has 0 saturated heterocycles. The zero-order valence-corrected chi connectivity index (χ0v) is 21.7. The molecule has 0 radical (unpaired) electrons. The highest BCUT2D eigenvalue weighted by Crippen LogP contribution is 2.23.